The van der Waals surface area contributed by atoms with Crippen LogP contribution >= 0.6 is 0 Å². The van der Waals surface area contributed by atoms with Crippen LogP contribution < -0.4 is 20.5 Å². The Morgan fingerprint density at radius 3 is 2.42 bits per heavy atom. The minimum Gasteiger partial charge on any atom is -0.475 e. The maximum Gasteiger partial charge on any atom is 0.573 e. The van der Waals surface area contributed by atoms with Crippen LogP contribution in [0.5, 0.6) is 11.6 Å². The zero-order chi connectivity index (χ0) is 19.2. The third kappa shape index (κ3) is 6.88. The summed E-state index contributed by atoms with van der Waals surface area (Å²) in [6, 6.07) is 8.74. The van der Waals surface area contributed by atoms with E-state index in [0.29, 0.717) is 18.1 Å². The van der Waals surface area contributed by atoms with Crippen molar-refractivity contribution in [1.82, 2.24) is 4.98 Å². The minimum atomic E-state index is -4.72. The zero-order valence-electron chi connectivity index (χ0n) is 14.2. The quantitative estimate of drug-likeness (QED) is 0.600. The molecule has 0 bridgehead atoms. The smallest absolute Gasteiger partial charge is 0.475 e. The topological polar surface area (TPSA) is 81.8 Å². The van der Waals surface area contributed by atoms with E-state index >= 15 is 0 Å². The second-order valence-electron chi connectivity index (χ2n) is 5.57. The Labute approximate surface area is 148 Å². The third-order valence-corrected chi connectivity index (χ3v) is 2.95. The molecule has 0 aliphatic heterocycles. The van der Waals surface area contributed by atoms with Crippen LogP contribution in [0.25, 0.3) is 0 Å². The minimum absolute atomic E-state index is 0.0409. The van der Waals surface area contributed by atoms with Gasteiger partial charge in [-0.25, -0.2) is 9.98 Å². The van der Waals surface area contributed by atoms with Crippen molar-refractivity contribution in [1.29, 1.82) is 0 Å². The van der Waals surface area contributed by atoms with E-state index in [0.717, 1.165) is 5.56 Å². The van der Waals surface area contributed by atoms with Gasteiger partial charge in [-0.15, -0.1) is 13.2 Å². The lowest BCUT2D eigenvalue weighted by Crippen LogP contribution is -2.22. The van der Waals surface area contributed by atoms with Crippen molar-refractivity contribution in [2.24, 2.45) is 10.7 Å². The van der Waals surface area contributed by atoms with E-state index < -0.39 is 6.36 Å². The number of nitrogens with two attached hydrogens (primary N) is 1. The van der Waals surface area contributed by atoms with Gasteiger partial charge in [-0.05, 0) is 43.7 Å². The van der Waals surface area contributed by atoms with E-state index in [4.69, 9.17) is 10.5 Å². The number of hydrogen-bond acceptors (Lipinski definition) is 4. The maximum absolute atomic E-state index is 12.1. The first-order valence-corrected chi connectivity index (χ1v) is 7.75. The summed E-state index contributed by atoms with van der Waals surface area (Å²) in [6.07, 6.45) is -3.05. The fourth-order valence-electron chi connectivity index (χ4n) is 1.92. The van der Waals surface area contributed by atoms with Gasteiger partial charge in [0.25, 0.3) is 0 Å². The largest absolute Gasteiger partial charge is 0.573 e. The van der Waals surface area contributed by atoms with Crippen LogP contribution in [0.3, 0.4) is 0 Å². The summed E-state index contributed by atoms with van der Waals surface area (Å²) in [4.78, 5) is 8.31. The number of ether oxygens (including phenoxy) is 2. The summed E-state index contributed by atoms with van der Waals surface area (Å²) < 4.78 is 45.6. The van der Waals surface area contributed by atoms with Gasteiger partial charge in [-0.2, -0.15) is 0 Å². The number of anilines is 1. The molecule has 0 fully saturated rings. The Morgan fingerprint density at radius 1 is 1.19 bits per heavy atom. The molecule has 3 N–H and O–H groups in total. The first-order chi connectivity index (χ1) is 12.2. The van der Waals surface area contributed by atoms with Gasteiger partial charge in [-0.3, -0.25) is 0 Å². The second kappa shape index (κ2) is 8.41. The molecule has 1 aromatic carbocycles. The molecule has 9 heteroatoms. The Balaban J connectivity index is 1.89. The van der Waals surface area contributed by atoms with Crippen LogP contribution in [0.15, 0.2) is 47.6 Å². The molecule has 2 rings (SSSR count). The number of benzene rings is 1. The second-order valence-corrected chi connectivity index (χ2v) is 5.57. The van der Waals surface area contributed by atoms with Crippen molar-refractivity contribution in [2.75, 3.05) is 5.32 Å². The molecule has 140 valence electrons. The number of aromatic nitrogens is 1. The molecule has 0 aliphatic rings. The highest BCUT2D eigenvalue weighted by Crippen LogP contribution is 2.23. The fourth-order valence-corrected chi connectivity index (χ4v) is 1.92. The van der Waals surface area contributed by atoms with Gasteiger partial charge in [0.2, 0.25) is 5.88 Å². The van der Waals surface area contributed by atoms with Crippen molar-refractivity contribution >= 4 is 11.6 Å². The van der Waals surface area contributed by atoms with Crippen molar-refractivity contribution in [3.63, 3.8) is 0 Å². The predicted molar refractivity (Wildman–Crippen MR) is 92.1 cm³/mol. The van der Waals surface area contributed by atoms with Crippen molar-refractivity contribution in [3.05, 3.63) is 48.2 Å². The highest BCUT2D eigenvalue weighted by molar-refractivity contribution is 5.92. The highest BCUT2D eigenvalue weighted by Gasteiger charge is 2.30. The standard InChI is InChI=1S/C17H19F3N4O2/c1-11(2)25-15-8-3-12(9-22-15)10-23-16(21)24-13-4-6-14(7-5-13)26-17(18,19)20/h3-9,11H,10H2,1-2H3,(H3,21,23,24). The number of alkyl halides is 3. The summed E-state index contributed by atoms with van der Waals surface area (Å²) in [5, 5.41) is 2.79. The molecule has 0 radical (unpaired) electrons. The molecule has 0 amide bonds. The molecule has 0 saturated heterocycles. The lowest BCUT2D eigenvalue weighted by atomic mass is 10.3. The van der Waals surface area contributed by atoms with Crippen LogP contribution in [0, 0.1) is 0 Å². The van der Waals surface area contributed by atoms with Gasteiger partial charge >= 0.3 is 6.36 Å². The van der Waals surface area contributed by atoms with Crippen LogP contribution in [-0.4, -0.2) is 23.4 Å². The number of halogens is 3. The number of guanidine groups is 1. The molecular formula is C17H19F3N4O2. The van der Waals surface area contributed by atoms with Crippen molar-refractivity contribution < 1.29 is 22.6 Å². The van der Waals surface area contributed by atoms with Crippen molar-refractivity contribution in [2.45, 2.75) is 32.9 Å². The first-order valence-electron chi connectivity index (χ1n) is 7.75. The molecule has 0 atom stereocenters. The van der Waals surface area contributed by atoms with E-state index in [1.165, 1.54) is 24.3 Å². The average molecular weight is 368 g/mol. The van der Waals surface area contributed by atoms with Crippen LogP contribution in [0.2, 0.25) is 0 Å². The normalized spacial score (nSPS) is 12.2. The summed E-state index contributed by atoms with van der Waals surface area (Å²) in [5.41, 5.74) is 7.09. The van der Waals surface area contributed by atoms with Gasteiger partial charge in [-0.1, -0.05) is 6.07 Å². The average Bonchev–Trinajstić information content (AvgIpc) is 2.54. The highest BCUT2D eigenvalue weighted by atomic mass is 19.4. The number of hydrogen-bond donors (Lipinski definition) is 2. The Hall–Kier alpha value is -2.97. The fraction of sp³-hybridized carbons (Fsp3) is 0.294. The summed E-state index contributed by atoms with van der Waals surface area (Å²) >= 11 is 0. The number of aliphatic imine (C=N–C) groups is 1. The summed E-state index contributed by atoms with van der Waals surface area (Å²) in [7, 11) is 0. The molecule has 1 heterocycles. The number of nitrogens with zero attached hydrogens (tertiary/aromatic N) is 2. The van der Waals surface area contributed by atoms with E-state index in [-0.39, 0.29) is 17.8 Å². The Kier molecular flexibility index (Phi) is 6.26. The van der Waals surface area contributed by atoms with Gasteiger partial charge in [0.05, 0.1) is 12.6 Å². The third-order valence-electron chi connectivity index (χ3n) is 2.95. The lowest BCUT2D eigenvalue weighted by Gasteiger charge is -2.10. The summed E-state index contributed by atoms with van der Waals surface area (Å²) in [5.74, 6) is 0.338. The van der Waals surface area contributed by atoms with E-state index in [2.05, 4.69) is 20.0 Å². The maximum atomic E-state index is 12.1. The molecule has 6 nitrogen and oxygen atoms in total. The predicted octanol–water partition coefficient (Wildman–Crippen LogP) is 3.69. The van der Waals surface area contributed by atoms with Crippen molar-refractivity contribution in [3.8, 4) is 11.6 Å². The van der Waals surface area contributed by atoms with Gasteiger partial charge in [0.1, 0.15) is 5.75 Å². The van der Waals surface area contributed by atoms with E-state index in [1.807, 2.05) is 19.9 Å². The Bertz CT molecular complexity index is 729. The molecule has 2 aromatic rings. The van der Waals surface area contributed by atoms with Gasteiger partial charge in [0, 0.05) is 18.0 Å². The molecule has 0 spiro atoms. The lowest BCUT2D eigenvalue weighted by molar-refractivity contribution is -0.274. The molecule has 1 aromatic heterocycles. The monoisotopic (exact) mass is 368 g/mol. The number of pyridine rings is 1. The first kappa shape index (κ1) is 19.4. The molecular weight excluding hydrogens is 349 g/mol. The SMILES string of the molecule is CC(C)Oc1ccc(CN=C(N)Nc2ccc(OC(F)(F)F)cc2)cn1. The van der Waals surface area contributed by atoms with E-state index in [9.17, 15) is 13.2 Å². The summed E-state index contributed by atoms with van der Waals surface area (Å²) in [6.45, 7) is 4.12. The molecule has 0 saturated carbocycles. The number of rotatable bonds is 6. The molecule has 0 aliphatic carbocycles. The Morgan fingerprint density at radius 2 is 1.88 bits per heavy atom. The molecule has 26 heavy (non-hydrogen) atoms. The zero-order valence-corrected chi connectivity index (χ0v) is 14.2. The van der Waals surface area contributed by atoms with Gasteiger partial charge in [0.15, 0.2) is 5.96 Å². The van der Waals surface area contributed by atoms with Crippen LogP contribution in [0.4, 0.5) is 18.9 Å². The van der Waals surface area contributed by atoms with E-state index in [1.54, 1.807) is 12.3 Å². The van der Waals surface area contributed by atoms with Crippen LogP contribution in [0.1, 0.15) is 19.4 Å². The number of nitrogens with one attached hydrogen (secondary N) is 1. The van der Waals surface area contributed by atoms with Crippen LogP contribution in [-0.2, 0) is 6.54 Å². The van der Waals surface area contributed by atoms with Gasteiger partial charge < -0.3 is 20.5 Å². The molecule has 0 unspecified atom stereocenters.